The summed E-state index contributed by atoms with van der Waals surface area (Å²) in [6.45, 7) is 5.12. The molecule has 1 N–H and O–H groups in total. The van der Waals surface area contributed by atoms with Gasteiger partial charge < -0.3 is 15.1 Å². The van der Waals surface area contributed by atoms with Crippen LogP contribution in [0, 0.1) is 11.8 Å². The Kier molecular flexibility index (Phi) is 4.69. The molecule has 3 rings (SSSR count). The first-order valence-corrected chi connectivity index (χ1v) is 8.64. The van der Waals surface area contributed by atoms with Gasteiger partial charge in [-0.2, -0.15) is 0 Å². The van der Waals surface area contributed by atoms with Gasteiger partial charge in [0.1, 0.15) is 6.04 Å². The van der Waals surface area contributed by atoms with E-state index in [1.54, 1.807) is 6.92 Å². The summed E-state index contributed by atoms with van der Waals surface area (Å²) in [5.41, 5.74) is 0. The molecule has 2 aliphatic heterocycles. The molecule has 122 valence electrons. The number of fused-ring (bicyclic) bond motifs is 1. The molecular formula is C17H27N3O2. The lowest BCUT2D eigenvalue weighted by atomic mass is 9.86. The SMILES string of the molecule is C[C@H](NC(=O)N1C[C@H]2CC=CC[C@@H]2C1)C(=O)N1CCCCC1. The van der Waals surface area contributed by atoms with Crippen molar-refractivity contribution in [2.45, 2.75) is 45.1 Å². The van der Waals surface area contributed by atoms with Crippen LogP contribution in [-0.2, 0) is 4.79 Å². The molecule has 2 heterocycles. The van der Waals surface area contributed by atoms with E-state index in [2.05, 4.69) is 17.5 Å². The van der Waals surface area contributed by atoms with Gasteiger partial charge in [0.25, 0.3) is 0 Å². The largest absolute Gasteiger partial charge is 0.341 e. The quantitative estimate of drug-likeness (QED) is 0.793. The second kappa shape index (κ2) is 6.71. The van der Waals surface area contributed by atoms with Gasteiger partial charge >= 0.3 is 6.03 Å². The highest BCUT2D eigenvalue weighted by Crippen LogP contribution is 2.32. The normalized spacial score (nSPS) is 29.1. The molecule has 0 aromatic rings. The number of carbonyl (C=O) groups excluding carboxylic acids is 2. The number of likely N-dealkylation sites (tertiary alicyclic amines) is 2. The van der Waals surface area contributed by atoms with Gasteiger partial charge in [0.15, 0.2) is 0 Å². The van der Waals surface area contributed by atoms with Crippen molar-refractivity contribution in [2.75, 3.05) is 26.2 Å². The van der Waals surface area contributed by atoms with E-state index in [4.69, 9.17) is 0 Å². The number of nitrogens with zero attached hydrogens (tertiary/aromatic N) is 2. The Morgan fingerprint density at radius 2 is 1.59 bits per heavy atom. The summed E-state index contributed by atoms with van der Waals surface area (Å²) in [6, 6.07) is -0.501. The van der Waals surface area contributed by atoms with Crippen molar-refractivity contribution in [1.82, 2.24) is 15.1 Å². The predicted molar refractivity (Wildman–Crippen MR) is 85.4 cm³/mol. The van der Waals surface area contributed by atoms with E-state index in [1.807, 2.05) is 9.80 Å². The molecule has 2 fully saturated rings. The van der Waals surface area contributed by atoms with E-state index in [0.717, 1.165) is 51.9 Å². The summed E-state index contributed by atoms with van der Waals surface area (Å²) in [4.78, 5) is 28.6. The first-order chi connectivity index (χ1) is 10.6. The van der Waals surface area contributed by atoms with Crippen LogP contribution in [0.4, 0.5) is 4.79 Å². The lowest BCUT2D eigenvalue weighted by Crippen LogP contribution is -2.51. The van der Waals surface area contributed by atoms with Crippen molar-refractivity contribution in [3.63, 3.8) is 0 Å². The van der Waals surface area contributed by atoms with Crippen LogP contribution >= 0.6 is 0 Å². The minimum Gasteiger partial charge on any atom is -0.341 e. The van der Waals surface area contributed by atoms with Crippen molar-refractivity contribution in [2.24, 2.45) is 11.8 Å². The number of hydrogen-bond donors (Lipinski definition) is 1. The number of nitrogens with one attached hydrogen (secondary N) is 1. The molecule has 0 spiro atoms. The zero-order valence-corrected chi connectivity index (χ0v) is 13.5. The van der Waals surface area contributed by atoms with Gasteiger partial charge in [0.2, 0.25) is 5.91 Å². The molecular weight excluding hydrogens is 278 g/mol. The van der Waals surface area contributed by atoms with Crippen LogP contribution in [0.2, 0.25) is 0 Å². The van der Waals surface area contributed by atoms with Gasteiger partial charge in [-0.25, -0.2) is 4.79 Å². The number of hydrogen-bond acceptors (Lipinski definition) is 2. The summed E-state index contributed by atoms with van der Waals surface area (Å²) >= 11 is 0. The highest BCUT2D eigenvalue weighted by atomic mass is 16.2. The number of carbonyl (C=O) groups is 2. The van der Waals surface area contributed by atoms with Gasteiger partial charge in [-0.3, -0.25) is 4.79 Å². The topological polar surface area (TPSA) is 52.7 Å². The van der Waals surface area contributed by atoms with Crippen LogP contribution in [-0.4, -0.2) is 54.0 Å². The van der Waals surface area contributed by atoms with Crippen LogP contribution in [0.1, 0.15) is 39.0 Å². The maximum Gasteiger partial charge on any atom is 0.318 e. The fourth-order valence-electron chi connectivity index (χ4n) is 3.91. The van der Waals surface area contributed by atoms with Crippen molar-refractivity contribution in [1.29, 1.82) is 0 Å². The van der Waals surface area contributed by atoms with Gasteiger partial charge in [-0.15, -0.1) is 0 Å². The Balaban J connectivity index is 1.50. The molecule has 0 saturated carbocycles. The highest BCUT2D eigenvalue weighted by Gasteiger charge is 2.36. The van der Waals surface area contributed by atoms with E-state index < -0.39 is 6.04 Å². The number of amides is 3. The van der Waals surface area contributed by atoms with Gasteiger partial charge in [-0.05, 0) is 50.9 Å². The Labute approximate surface area is 132 Å². The first kappa shape index (κ1) is 15.4. The Morgan fingerprint density at radius 3 is 2.18 bits per heavy atom. The maximum atomic E-state index is 12.4. The monoisotopic (exact) mass is 305 g/mol. The van der Waals surface area contributed by atoms with Crippen LogP contribution in [0.15, 0.2) is 12.2 Å². The summed E-state index contributed by atoms with van der Waals surface area (Å²) in [5.74, 6) is 1.26. The third kappa shape index (κ3) is 3.28. The average Bonchev–Trinajstić information content (AvgIpc) is 2.99. The van der Waals surface area contributed by atoms with E-state index in [0.29, 0.717) is 11.8 Å². The molecule has 5 nitrogen and oxygen atoms in total. The predicted octanol–water partition coefficient (Wildman–Crippen LogP) is 1.99. The summed E-state index contributed by atoms with van der Waals surface area (Å²) in [6.07, 6.45) is 9.97. The standard InChI is InChI=1S/C17H27N3O2/c1-13(16(21)19-9-5-2-6-10-19)18-17(22)20-11-14-7-3-4-8-15(14)12-20/h3-4,13-15H,2,5-12H2,1H3,(H,18,22)/t13-,14+,15+/m0/s1. The minimum absolute atomic E-state index is 0.0614. The molecule has 0 aromatic carbocycles. The summed E-state index contributed by atoms with van der Waals surface area (Å²) < 4.78 is 0. The number of urea groups is 1. The molecule has 0 aromatic heterocycles. The molecule has 2 saturated heterocycles. The van der Waals surface area contributed by atoms with Gasteiger partial charge in [-0.1, -0.05) is 12.2 Å². The number of rotatable bonds is 2. The van der Waals surface area contributed by atoms with E-state index >= 15 is 0 Å². The molecule has 0 unspecified atom stereocenters. The fraction of sp³-hybridized carbons (Fsp3) is 0.765. The number of piperidine rings is 1. The van der Waals surface area contributed by atoms with Crippen LogP contribution < -0.4 is 5.32 Å². The fourth-order valence-corrected chi connectivity index (χ4v) is 3.91. The zero-order valence-electron chi connectivity index (χ0n) is 13.5. The van der Waals surface area contributed by atoms with Crippen LogP contribution in [0.5, 0.6) is 0 Å². The van der Waals surface area contributed by atoms with E-state index in [9.17, 15) is 9.59 Å². The third-order valence-electron chi connectivity index (χ3n) is 5.29. The molecule has 1 aliphatic carbocycles. The van der Waals surface area contributed by atoms with Gasteiger partial charge in [0.05, 0.1) is 0 Å². The first-order valence-electron chi connectivity index (χ1n) is 8.64. The van der Waals surface area contributed by atoms with Crippen LogP contribution in [0.3, 0.4) is 0 Å². The molecule has 22 heavy (non-hydrogen) atoms. The second-order valence-electron chi connectivity index (χ2n) is 6.93. The van der Waals surface area contributed by atoms with Crippen molar-refractivity contribution >= 4 is 11.9 Å². The summed E-state index contributed by atoms with van der Waals surface area (Å²) in [7, 11) is 0. The zero-order chi connectivity index (χ0) is 15.5. The second-order valence-corrected chi connectivity index (χ2v) is 6.93. The highest BCUT2D eigenvalue weighted by molar-refractivity contribution is 5.86. The summed E-state index contributed by atoms with van der Waals surface area (Å²) in [5, 5.41) is 2.90. The molecule has 5 heteroatoms. The molecule has 0 radical (unpaired) electrons. The van der Waals surface area contributed by atoms with Crippen molar-refractivity contribution < 1.29 is 9.59 Å². The maximum absolute atomic E-state index is 12.4. The van der Waals surface area contributed by atoms with Gasteiger partial charge in [0, 0.05) is 26.2 Å². The van der Waals surface area contributed by atoms with E-state index in [-0.39, 0.29) is 11.9 Å². The Morgan fingerprint density at radius 1 is 1.00 bits per heavy atom. The van der Waals surface area contributed by atoms with Crippen molar-refractivity contribution in [3.8, 4) is 0 Å². The lowest BCUT2D eigenvalue weighted by molar-refractivity contribution is -0.133. The Hall–Kier alpha value is -1.52. The van der Waals surface area contributed by atoms with Crippen LogP contribution in [0.25, 0.3) is 0 Å². The number of allylic oxidation sites excluding steroid dienone is 2. The molecule has 3 atom stereocenters. The smallest absolute Gasteiger partial charge is 0.318 e. The minimum atomic E-state index is -0.425. The van der Waals surface area contributed by atoms with E-state index in [1.165, 1.54) is 6.42 Å². The lowest BCUT2D eigenvalue weighted by Gasteiger charge is -2.30. The molecule has 3 aliphatic rings. The van der Waals surface area contributed by atoms with Crippen molar-refractivity contribution in [3.05, 3.63) is 12.2 Å². The Bertz CT molecular complexity index is 441. The average molecular weight is 305 g/mol. The molecule has 3 amide bonds. The molecule has 0 bridgehead atoms. The third-order valence-corrected chi connectivity index (χ3v) is 5.29.